The van der Waals surface area contributed by atoms with Crippen LogP contribution < -0.4 is 4.74 Å². The second-order valence-corrected chi connectivity index (χ2v) is 5.59. The third kappa shape index (κ3) is 4.10. The monoisotopic (exact) mass is 361 g/mol. The SMILES string of the molecule is C#CCOc1ccc(C=Nc2cccc(Cl)c2C)cc1Br. The highest BCUT2D eigenvalue weighted by Gasteiger charge is 2.02. The molecule has 2 aromatic rings. The van der Waals surface area contributed by atoms with Crippen LogP contribution in [-0.2, 0) is 0 Å². The van der Waals surface area contributed by atoms with Crippen molar-refractivity contribution < 1.29 is 4.74 Å². The van der Waals surface area contributed by atoms with Crippen molar-refractivity contribution in [3.05, 3.63) is 57.0 Å². The van der Waals surface area contributed by atoms with Gasteiger partial charge in [0, 0.05) is 11.2 Å². The van der Waals surface area contributed by atoms with Crippen LogP contribution in [0.15, 0.2) is 45.9 Å². The minimum atomic E-state index is 0.244. The third-order valence-electron chi connectivity index (χ3n) is 2.86. The van der Waals surface area contributed by atoms with Gasteiger partial charge in [-0.2, -0.15) is 0 Å². The van der Waals surface area contributed by atoms with E-state index in [1.807, 2.05) is 43.3 Å². The number of hydrogen-bond donors (Lipinski definition) is 0. The van der Waals surface area contributed by atoms with Crippen LogP contribution in [0, 0.1) is 19.3 Å². The van der Waals surface area contributed by atoms with Gasteiger partial charge in [-0.05, 0) is 64.3 Å². The Morgan fingerprint density at radius 2 is 2.19 bits per heavy atom. The fourth-order valence-electron chi connectivity index (χ4n) is 1.71. The van der Waals surface area contributed by atoms with Gasteiger partial charge >= 0.3 is 0 Å². The van der Waals surface area contributed by atoms with Crippen molar-refractivity contribution in [3.63, 3.8) is 0 Å². The molecule has 2 aromatic carbocycles. The number of terminal acetylenes is 1. The number of ether oxygens (including phenoxy) is 1. The normalized spacial score (nSPS) is 10.6. The molecule has 0 spiro atoms. The summed E-state index contributed by atoms with van der Waals surface area (Å²) in [6.07, 6.45) is 6.96. The lowest BCUT2D eigenvalue weighted by Crippen LogP contribution is -1.94. The van der Waals surface area contributed by atoms with E-state index in [4.69, 9.17) is 22.8 Å². The smallest absolute Gasteiger partial charge is 0.148 e. The van der Waals surface area contributed by atoms with E-state index in [2.05, 4.69) is 26.8 Å². The van der Waals surface area contributed by atoms with Crippen LogP contribution in [0.4, 0.5) is 5.69 Å². The van der Waals surface area contributed by atoms with Gasteiger partial charge in [-0.1, -0.05) is 23.6 Å². The number of aliphatic imine (C=N–C) groups is 1. The number of nitrogens with zero attached hydrogens (tertiary/aromatic N) is 1. The van der Waals surface area contributed by atoms with Crippen LogP contribution in [0.2, 0.25) is 5.02 Å². The van der Waals surface area contributed by atoms with Crippen molar-refractivity contribution in [1.29, 1.82) is 0 Å². The van der Waals surface area contributed by atoms with Gasteiger partial charge in [-0.25, -0.2) is 0 Å². The molecule has 0 unspecified atom stereocenters. The Morgan fingerprint density at radius 3 is 2.90 bits per heavy atom. The Hall–Kier alpha value is -1.76. The third-order valence-corrected chi connectivity index (χ3v) is 3.89. The molecule has 0 radical (unpaired) electrons. The van der Waals surface area contributed by atoms with E-state index in [-0.39, 0.29) is 6.61 Å². The van der Waals surface area contributed by atoms with E-state index < -0.39 is 0 Å². The molecule has 106 valence electrons. The van der Waals surface area contributed by atoms with Crippen LogP contribution in [0.3, 0.4) is 0 Å². The second kappa shape index (κ2) is 7.31. The van der Waals surface area contributed by atoms with Crippen molar-refractivity contribution in [2.75, 3.05) is 6.61 Å². The van der Waals surface area contributed by atoms with Crippen molar-refractivity contribution in [2.24, 2.45) is 4.99 Å². The van der Waals surface area contributed by atoms with Gasteiger partial charge in [0.05, 0.1) is 10.2 Å². The molecule has 0 aliphatic carbocycles. The first-order valence-corrected chi connectivity index (χ1v) is 7.44. The Morgan fingerprint density at radius 1 is 1.38 bits per heavy atom. The lowest BCUT2D eigenvalue weighted by molar-refractivity contribution is 0.368. The average Bonchev–Trinajstić information content (AvgIpc) is 2.48. The molecule has 2 nitrogen and oxygen atoms in total. The predicted octanol–water partition coefficient (Wildman–Crippen LogP) is 5.17. The first kappa shape index (κ1) is 15.6. The van der Waals surface area contributed by atoms with Gasteiger partial charge in [0.1, 0.15) is 12.4 Å². The summed E-state index contributed by atoms with van der Waals surface area (Å²) in [4.78, 5) is 4.47. The summed E-state index contributed by atoms with van der Waals surface area (Å²) in [6, 6.07) is 11.4. The number of rotatable bonds is 4. The summed E-state index contributed by atoms with van der Waals surface area (Å²) in [5, 5.41) is 0.712. The molecule has 0 aliphatic heterocycles. The molecule has 0 aliphatic rings. The van der Waals surface area contributed by atoms with Crippen molar-refractivity contribution in [1.82, 2.24) is 0 Å². The Kier molecular flexibility index (Phi) is 5.44. The fourth-order valence-corrected chi connectivity index (χ4v) is 2.39. The van der Waals surface area contributed by atoms with E-state index in [1.165, 1.54) is 0 Å². The molecule has 0 saturated carbocycles. The molecule has 0 fully saturated rings. The maximum absolute atomic E-state index is 6.08. The van der Waals surface area contributed by atoms with Crippen LogP contribution in [0.5, 0.6) is 5.75 Å². The predicted molar refractivity (Wildman–Crippen MR) is 91.9 cm³/mol. The first-order valence-electron chi connectivity index (χ1n) is 6.27. The summed E-state index contributed by atoms with van der Waals surface area (Å²) in [5.41, 5.74) is 2.77. The molecule has 0 bridgehead atoms. The number of hydrogen-bond acceptors (Lipinski definition) is 2. The lowest BCUT2D eigenvalue weighted by Gasteiger charge is -2.06. The van der Waals surface area contributed by atoms with Crippen LogP contribution in [-0.4, -0.2) is 12.8 Å². The van der Waals surface area contributed by atoms with Gasteiger partial charge in [0.25, 0.3) is 0 Å². The highest BCUT2D eigenvalue weighted by atomic mass is 79.9. The van der Waals surface area contributed by atoms with Crippen molar-refractivity contribution in [3.8, 4) is 18.1 Å². The average molecular weight is 363 g/mol. The zero-order valence-electron chi connectivity index (χ0n) is 11.4. The van der Waals surface area contributed by atoms with E-state index in [1.54, 1.807) is 6.21 Å². The first-order chi connectivity index (χ1) is 10.1. The highest BCUT2D eigenvalue weighted by Crippen LogP contribution is 2.27. The largest absolute Gasteiger partial charge is 0.480 e. The zero-order chi connectivity index (χ0) is 15.2. The maximum atomic E-state index is 6.08. The van der Waals surface area contributed by atoms with Crippen LogP contribution in [0.1, 0.15) is 11.1 Å². The van der Waals surface area contributed by atoms with E-state index in [9.17, 15) is 0 Å². The highest BCUT2D eigenvalue weighted by molar-refractivity contribution is 9.10. The molecule has 0 heterocycles. The fraction of sp³-hybridized carbons (Fsp3) is 0.118. The minimum Gasteiger partial charge on any atom is -0.480 e. The Balaban J connectivity index is 2.20. The molecule has 0 amide bonds. The van der Waals surface area contributed by atoms with Gasteiger partial charge in [0.15, 0.2) is 0 Å². The molecule has 0 aromatic heterocycles. The molecular formula is C17H13BrClNO. The molecule has 21 heavy (non-hydrogen) atoms. The second-order valence-electron chi connectivity index (χ2n) is 4.32. The summed E-state index contributed by atoms with van der Waals surface area (Å²) in [6.45, 7) is 2.19. The molecular weight excluding hydrogens is 350 g/mol. The molecule has 0 N–H and O–H groups in total. The quantitative estimate of drug-likeness (QED) is 0.543. The Bertz CT molecular complexity index is 719. The van der Waals surface area contributed by atoms with Crippen LogP contribution in [0.25, 0.3) is 0 Å². The summed E-state index contributed by atoms with van der Waals surface area (Å²) in [5.74, 6) is 3.15. The summed E-state index contributed by atoms with van der Waals surface area (Å²) in [7, 11) is 0. The maximum Gasteiger partial charge on any atom is 0.148 e. The summed E-state index contributed by atoms with van der Waals surface area (Å²) >= 11 is 9.53. The molecule has 4 heteroatoms. The molecule has 2 rings (SSSR count). The van der Waals surface area contributed by atoms with Crippen molar-refractivity contribution >= 4 is 39.4 Å². The van der Waals surface area contributed by atoms with Gasteiger partial charge in [-0.15, -0.1) is 6.42 Å². The summed E-state index contributed by atoms with van der Waals surface area (Å²) < 4.78 is 6.23. The van der Waals surface area contributed by atoms with E-state index in [0.717, 1.165) is 21.3 Å². The van der Waals surface area contributed by atoms with E-state index >= 15 is 0 Å². The topological polar surface area (TPSA) is 21.6 Å². The molecule has 0 atom stereocenters. The Labute approximate surface area is 137 Å². The van der Waals surface area contributed by atoms with Gasteiger partial charge in [-0.3, -0.25) is 4.99 Å². The standard InChI is InChI=1S/C17H13BrClNO/c1-3-9-21-17-8-7-13(10-14(17)18)11-20-16-6-4-5-15(19)12(16)2/h1,4-8,10-11H,9H2,2H3. The van der Waals surface area contributed by atoms with Crippen LogP contribution >= 0.6 is 27.5 Å². The zero-order valence-corrected chi connectivity index (χ0v) is 13.8. The van der Waals surface area contributed by atoms with Gasteiger partial charge < -0.3 is 4.74 Å². The number of benzene rings is 2. The minimum absolute atomic E-state index is 0.244. The number of halogens is 2. The lowest BCUT2D eigenvalue weighted by atomic mass is 10.2. The van der Waals surface area contributed by atoms with E-state index in [0.29, 0.717) is 10.8 Å². The van der Waals surface area contributed by atoms with Gasteiger partial charge in [0.2, 0.25) is 0 Å². The van der Waals surface area contributed by atoms with Crippen molar-refractivity contribution in [2.45, 2.75) is 6.92 Å². The molecule has 0 saturated heterocycles.